The summed E-state index contributed by atoms with van der Waals surface area (Å²) in [6.45, 7) is 0. The lowest BCUT2D eigenvalue weighted by Gasteiger charge is -1.94. The van der Waals surface area contributed by atoms with Gasteiger partial charge < -0.3 is 5.11 Å². The van der Waals surface area contributed by atoms with Crippen molar-refractivity contribution < 1.29 is 7.96 Å². The van der Waals surface area contributed by atoms with Crippen molar-refractivity contribution in [3.05, 3.63) is 30.5 Å². The van der Waals surface area contributed by atoms with Crippen LogP contribution in [0.15, 0.2) is 30.5 Å². The average molecular weight is 185 g/mol. The molecular weight excluding hydrogens is 176 g/mol. The molecule has 0 aliphatic heterocycles. The second kappa shape index (κ2) is 3.36. The lowest BCUT2D eigenvalue weighted by molar-refractivity contribution is 0.453. The molecule has 12 heavy (non-hydrogen) atoms. The van der Waals surface area contributed by atoms with Gasteiger partial charge in [0.05, 0.1) is 17.2 Å². The van der Waals surface area contributed by atoms with Gasteiger partial charge >= 0.3 is 2.85 Å². The van der Waals surface area contributed by atoms with Crippen LogP contribution in [0.4, 0.5) is 0 Å². The molecule has 1 heterocycles. The number of hydrogen-bond acceptors (Lipinski definition) is 3. The number of fused-ring (bicyclic) bond motifs is 1. The van der Waals surface area contributed by atoms with Crippen LogP contribution in [0.25, 0.3) is 11.0 Å². The maximum absolute atomic E-state index is 8.96. The number of aromatic nitrogens is 2. The average Bonchev–Trinajstić information content (AvgIpc) is 2.04. The fraction of sp³-hybridized carbons (Fsp3) is 0. The Bertz CT molecular complexity index is 400. The van der Waals surface area contributed by atoms with Gasteiger partial charge in [-0.3, -0.25) is 0 Å². The van der Waals surface area contributed by atoms with Crippen molar-refractivity contribution >= 4 is 23.4 Å². The summed E-state index contributed by atoms with van der Waals surface area (Å²) >= 11 is 0. The van der Waals surface area contributed by atoms with Gasteiger partial charge in [0, 0.05) is 0 Å². The first kappa shape index (κ1) is 8.74. The highest BCUT2D eigenvalue weighted by molar-refractivity contribution is 5.85. The molecule has 0 aliphatic carbocycles. The first-order valence-corrected chi connectivity index (χ1v) is 3.27. The van der Waals surface area contributed by atoms with Crippen molar-refractivity contribution in [3.63, 3.8) is 0 Å². The Balaban J connectivity index is 0. The summed E-state index contributed by atoms with van der Waals surface area (Å²) in [6.07, 6.45) is 1.34. The Kier molecular flexibility index (Phi) is 2.45. The van der Waals surface area contributed by atoms with Gasteiger partial charge in [0.1, 0.15) is 0 Å². The predicted octanol–water partition coefficient (Wildman–Crippen LogP) is 1.98. The van der Waals surface area contributed by atoms with Crippen molar-refractivity contribution in [2.45, 2.75) is 0 Å². The van der Waals surface area contributed by atoms with Gasteiger partial charge in [-0.05, 0) is 12.1 Å². The molecule has 3 nitrogen and oxygen atoms in total. The third kappa shape index (κ3) is 1.46. The fourth-order valence-electron chi connectivity index (χ4n) is 0.947. The molecular formula is C8H9ClN2O+2. The Morgan fingerprint density at radius 1 is 1.17 bits per heavy atom. The summed E-state index contributed by atoms with van der Waals surface area (Å²) in [5.74, 6) is -0.0382. The molecule has 1 aromatic carbocycles. The van der Waals surface area contributed by atoms with Crippen LogP contribution in [0.2, 0.25) is 0 Å². The summed E-state index contributed by atoms with van der Waals surface area (Å²) in [5, 5.41) is 8.96. The van der Waals surface area contributed by atoms with E-state index in [1.807, 2.05) is 24.3 Å². The Morgan fingerprint density at radius 3 is 2.58 bits per heavy atom. The minimum absolute atomic E-state index is 0. The highest BCUT2D eigenvalue weighted by Gasteiger charge is 1.94. The number of benzene rings is 1. The maximum atomic E-state index is 8.96. The van der Waals surface area contributed by atoms with Crippen molar-refractivity contribution in [3.8, 4) is 5.88 Å². The van der Waals surface area contributed by atoms with Crippen molar-refractivity contribution in [1.29, 1.82) is 0 Å². The van der Waals surface area contributed by atoms with Gasteiger partial charge in [-0.2, -0.15) is 0 Å². The normalized spacial score (nSPS) is 9.33. The van der Waals surface area contributed by atoms with Gasteiger partial charge in [-0.1, -0.05) is 12.1 Å². The van der Waals surface area contributed by atoms with Crippen LogP contribution in [0.3, 0.4) is 0 Å². The van der Waals surface area contributed by atoms with Gasteiger partial charge in [0.2, 0.25) is 5.88 Å². The molecule has 0 amide bonds. The first-order valence-electron chi connectivity index (χ1n) is 3.27. The molecule has 62 valence electrons. The number of rotatable bonds is 0. The molecule has 2 rings (SSSR count). The number of para-hydroxylation sites is 2. The van der Waals surface area contributed by atoms with E-state index in [0.29, 0.717) is 5.52 Å². The second-order valence-corrected chi connectivity index (χ2v) is 2.22. The number of hydrogen-bond donors (Lipinski definition) is 1. The molecule has 0 atom stereocenters. The van der Waals surface area contributed by atoms with Gasteiger partial charge in [0.25, 0.3) is 0 Å². The van der Waals surface area contributed by atoms with Crippen LogP contribution in [-0.2, 0) is 0 Å². The molecule has 0 fully saturated rings. The minimum Gasteiger partial charge on any atom is -0.492 e. The van der Waals surface area contributed by atoms with E-state index in [2.05, 4.69) is 9.97 Å². The summed E-state index contributed by atoms with van der Waals surface area (Å²) in [4.78, 5) is 7.84. The Morgan fingerprint density at radius 2 is 1.83 bits per heavy atom. The van der Waals surface area contributed by atoms with E-state index in [-0.39, 0.29) is 21.1 Å². The molecule has 2 aromatic rings. The topological polar surface area (TPSA) is 46.0 Å². The van der Waals surface area contributed by atoms with Crippen LogP contribution in [-0.4, -0.2) is 15.1 Å². The van der Waals surface area contributed by atoms with E-state index in [4.69, 9.17) is 5.11 Å². The first-order chi connectivity index (χ1) is 5.36. The summed E-state index contributed by atoms with van der Waals surface area (Å²) < 4.78 is 0. The molecule has 0 radical (unpaired) electrons. The Hall–Kier alpha value is -1.35. The van der Waals surface area contributed by atoms with E-state index in [9.17, 15) is 0 Å². The molecule has 1 aromatic heterocycles. The van der Waals surface area contributed by atoms with E-state index in [1.54, 1.807) is 0 Å². The quantitative estimate of drug-likeness (QED) is 0.681. The molecule has 0 saturated carbocycles. The Labute approximate surface area is 78.5 Å². The lowest BCUT2D eigenvalue weighted by Crippen LogP contribution is -1.81. The number of halogens is 1. The molecule has 1 N–H and O–H groups in total. The number of nitrogens with zero attached hydrogens (tertiary/aromatic N) is 2. The zero-order chi connectivity index (χ0) is 7.68. The van der Waals surface area contributed by atoms with Crippen LogP contribution < -0.4 is 0 Å². The zero-order valence-electron chi connectivity index (χ0n) is 8.14. The van der Waals surface area contributed by atoms with E-state index >= 15 is 0 Å². The molecule has 4 heteroatoms. The smallest absolute Gasteiger partial charge is 0.492 e. The third-order valence-electron chi connectivity index (χ3n) is 1.44. The highest BCUT2D eigenvalue weighted by atomic mass is 35.5. The van der Waals surface area contributed by atoms with Crippen LogP contribution in [0.1, 0.15) is 2.85 Å². The second-order valence-electron chi connectivity index (χ2n) is 2.22. The van der Waals surface area contributed by atoms with Gasteiger partial charge in [-0.15, -0.1) is 12.4 Å². The minimum atomic E-state index is -0.0382. The largest absolute Gasteiger partial charge is 1.00 e. The molecule has 0 bridgehead atoms. The van der Waals surface area contributed by atoms with Crippen LogP contribution in [0, 0.1) is 0 Å². The van der Waals surface area contributed by atoms with Crippen molar-refractivity contribution in [1.82, 2.24) is 9.97 Å². The van der Waals surface area contributed by atoms with Crippen molar-refractivity contribution in [2.24, 2.45) is 0 Å². The lowest BCUT2D eigenvalue weighted by atomic mass is 10.3. The zero-order valence-corrected chi connectivity index (χ0v) is 6.95. The summed E-state index contributed by atoms with van der Waals surface area (Å²) in [6, 6.07) is 7.40. The summed E-state index contributed by atoms with van der Waals surface area (Å²) in [7, 11) is 0. The molecule has 0 aliphatic rings. The monoisotopic (exact) mass is 184 g/mol. The molecule has 0 saturated heterocycles. The van der Waals surface area contributed by atoms with Gasteiger partial charge in [0.15, 0.2) is 0 Å². The number of aromatic hydroxyl groups is 1. The highest BCUT2D eigenvalue weighted by Crippen LogP contribution is 2.10. The van der Waals surface area contributed by atoms with E-state index < -0.39 is 0 Å². The summed E-state index contributed by atoms with van der Waals surface area (Å²) in [5.41, 5.74) is 1.51. The SMILES string of the molecule is Cl.Oc1cnc2ccccc2n1.[H+].[H+]. The third-order valence-corrected chi connectivity index (χ3v) is 1.44. The van der Waals surface area contributed by atoms with Gasteiger partial charge in [-0.25, -0.2) is 9.97 Å². The van der Waals surface area contributed by atoms with Crippen molar-refractivity contribution in [2.75, 3.05) is 0 Å². The maximum Gasteiger partial charge on any atom is 1.00 e. The molecule has 0 spiro atoms. The van der Waals surface area contributed by atoms with Crippen LogP contribution >= 0.6 is 12.4 Å². The van der Waals surface area contributed by atoms with Crippen LogP contribution in [0.5, 0.6) is 5.88 Å². The van der Waals surface area contributed by atoms with E-state index in [1.165, 1.54) is 6.20 Å². The fourth-order valence-corrected chi connectivity index (χ4v) is 0.947. The molecule has 0 unspecified atom stereocenters. The predicted molar refractivity (Wildman–Crippen MR) is 50.7 cm³/mol. The standard InChI is InChI=1S/C8H6N2O.ClH/c11-8-5-9-6-3-1-2-4-7(6)10-8;/h1-5H,(H,10,11);1H/p+2. The van der Waals surface area contributed by atoms with E-state index in [0.717, 1.165) is 5.52 Å².